The minimum Gasteiger partial charge on any atom is -0.493 e. The van der Waals surface area contributed by atoms with E-state index in [1.54, 1.807) is 51.7 Å². The van der Waals surface area contributed by atoms with Gasteiger partial charge in [-0.05, 0) is 24.1 Å². The van der Waals surface area contributed by atoms with Crippen molar-refractivity contribution in [3.8, 4) is 17.2 Å². The van der Waals surface area contributed by atoms with Crippen LogP contribution in [0.4, 0.5) is 21.7 Å². The zero-order valence-corrected chi connectivity index (χ0v) is 16.5. The SMILES string of the molecule is COc1cc(Nc2cc(NCCc3ccc(F)cc3)ncn2)cc(OC)c1OC. The fraction of sp³-hybridized carbons (Fsp3) is 0.238. The van der Waals surface area contributed by atoms with E-state index in [1.807, 2.05) is 0 Å². The van der Waals surface area contributed by atoms with E-state index < -0.39 is 0 Å². The summed E-state index contributed by atoms with van der Waals surface area (Å²) in [6.45, 7) is 0.659. The van der Waals surface area contributed by atoms with Gasteiger partial charge < -0.3 is 24.8 Å². The van der Waals surface area contributed by atoms with Crippen LogP contribution in [0.3, 0.4) is 0 Å². The molecule has 0 aliphatic rings. The molecular formula is C21H23FN4O3. The van der Waals surface area contributed by atoms with Crippen molar-refractivity contribution in [2.45, 2.75) is 6.42 Å². The lowest BCUT2D eigenvalue weighted by Crippen LogP contribution is -2.07. The number of aromatic nitrogens is 2. The molecule has 7 nitrogen and oxygen atoms in total. The molecule has 0 aliphatic heterocycles. The van der Waals surface area contributed by atoms with E-state index in [1.165, 1.54) is 18.5 Å². The van der Waals surface area contributed by atoms with Crippen LogP contribution in [0, 0.1) is 5.82 Å². The number of nitrogens with zero attached hydrogens (tertiary/aromatic N) is 2. The average molecular weight is 398 g/mol. The minimum absolute atomic E-state index is 0.236. The van der Waals surface area contributed by atoms with E-state index in [9.17, 15) is 4.39 Å². The monoisotopic (exact) mass is 398 g/mol. The number of benzene rings is 2. The van der Waals surface area contributed by atoms with Gasteiger partial charge in [0.1, 0.15) is 23.8 Å². The van der Waals surface area contributed by atoms with Crippen LogP contribution in [0.25, 0.3) is 0 Å². The van der Waals surface area contributed by atoms with Gasteiger partial charge in [-0.25, -0.2) is 14.4 Å². The zero-order chi connectivity index (χ0) is 20.6. The molecule has 0 bridgehead atoms. The third-order valence-electron chi connectivity index (χ3n) is 4.24. The van der Waals surface area contributed by atoms with Gasteiger partial charge in [0.25, 0.3) is 0 Å². The first-order chi connectivity index (χ1) is 14.1. The van der Waals surface area contributed by atoms with Crippen LogP contribution in [0.2, 0.25) is 0 Å². The third-order valence-corrected chi connectivity index (χ3v) is 4.24. The van der Waals surface area contributed by atoms with Crippen molar-refractivity contribution < 1.29 is 18.6 Å². The van der Waals surface area contributed by atoms with Crippen LogP contribution in [-0.4, -0.2) is 37.8 Å². The Kier molecular flexibility index (Phi) is 6.67. The lowest BCUT2D eigenvalue weighted by molar-refractivity contribution is 0.324. The highest BCUT2D eigenvalue weighted by Gasteiger charge is 2.13. The molecule has 0 amide bonds. The number of nitrogens with one attached hydrogen (secondary N) is 2. The van der Waals surface area contributed by atoms with Crippen LogP contribution < -0.4 is 24.8 Å². The summed E-state index contributed by atoms with van der Waals surface area (Å²) in [6.07, 6.45) is 2.22. The molecule has 3 rings (SSSR count). The Bertz CT molecular complexity index is 926. The Morgan fingerprint density at radius 3 is 2.14 bits per heavy atom. The van der Waals surface area contributed by atoms with Crippen molar-refractivity contribution in [3.63, 3.8) is 0 Å². The van der Waals surface area contributed by atoms with Crippen molar-refractivity contribution in [3.05, 3.63) is 60.2 Å². The van der Waals surface area contributed by atoms with Crippen LogP contribution in [0.5, 0.6) is 17.2 Å². The molecule has 3 aromatic rings. The first-order valence-corrected chi connectivity index (χ1v) is 9.00. The number of ether oxygens (including phenoxy) is 3. The fourth-order valence-electron chi connectivity index (χ4n) is 2.81. The van der Waals surface area contributed by atoms with E-state index in [4.69, 9.17) is 14.2 Å². The Hall–Kier alpha value is -3.55. The van der Waals surface area contributed by atoms with E-state index in [2.05, 4.69) is 20.6 Å². The summed E-state index contributed by atoms with van der Waals surface area (Å²) in [5.74, 6) is 2.66. The topological polar surface area (TPSA) is 77.5 Å². The second-order valence-corrected chi connectivity index (χ2v) is 6.13. The standard InChI is InChI=1S/C21H23FN4O3/c1-27-17-10-16(11-18(28-2)21(17)29-3)26-20-12-19(24-13-25-20)23-9-8-14-4-6-15(22)7-5-14/h4-7,10-13H,8-9H2,1-3H3,(H2,23,24,25,26). The predicted molar refractivity (Wildman–Crippen MR) is 110 cm³/mol. The summed E-state index contributed by atoms with van der Waals surface area (Å²) in [5, 5.41) is 6.45. The predicted octanol–water partition coefficient (Wildman–Crippen LogP) is 4.04. The zero-order valence-electron chi connectivity index (χ0n) is 16.5. The third kappa shape index (κ3) is 5.25. The lowest BCUT2D eigenvalue weighted by Gasteiger charge is -2.15. The molecule has 0 saturated carbocycles. The Labute approximate surface area is 168 Å². The van der Waals surface area contributed by atoms with Crippen molar-refractivity contribution in [1.82, 2.24) is 9.97 Å². The molecule has 0 radical (unpaired) electrons. The number of hydrogen-bond acceptors (Lipinski definition) is 7. The summed E-state index contributed by atoms with van der Waals surface area (Å²) in [4.78, 5) is 8.48. The minimum atomic E-state index is -0.236. The molecule has 0 fully saturated rings. The molecule has 0 saturated heterocycles. The van der Waals surface area contributed by atoms with Crippen LogP contribution in [-0.2, 0) is 6.42 Å². The van der Waals surface area contributed by atoms with Crippen molar-refractivity contribution in [2.24, 2.45) is 0 Å². The highest BCUT2D eigenvalue weighted by atomic mass is 19.1. The van der Waals surface area contributed by atoms with Gasteiger partial charge in [-0.15, -0.1) is 0 Å². The van der Waals surface area contributed by atoms with Crippen molar-refractivity contribution in [2.75, 3.05) is 38.5 Å². The molecule has 0 aliphatic carbocycles. The lowest BCUT2D eigenvalue weighted by atomic mass is 10.1. The number of rotatable bonds is 9. The molecular weight excluding hydrogens is 375 g/mol. The van der Waals surface area contributed by atoms with E-state index in [-0.39, 0.29) is 5.82 Å². The maximum atomic E-state index is 13.0. The van der Waals surface area contributed by atoms with Gasteiger partial charge in [0.15, 0.2) is 11.5 Å². The molecule has 0 atom stereocenters. The van der Waals surface area contributed by atoms with E-state index in [0.29, 0.717) is 35.4 Å². The molecule has 1 aromatic heterocycles. The first kappa shape index (κ1) is 20.2. The van der Waals surface area contributed by atoms with Gasteiger partial charge in [-0.3, -0.25) is 0 Å². The molecule has 152 valence electrons. The Balaban J connectivity index is 1.67. The highest BCUT2D eigenvalue weighted by molar-refractivity contribution is 5.67. The summed E-state index contributed by atoms with van der Waals surface area (Å²) >= 11 is 0. The molecule has 29 heavy (non-hydrogen) atoms. The van der Waals surface area contributed by atoms with Gasteiger partial charge in [-0.2, -0.15) is 0 Å². The molecule has 8 heteroatoms. The average Bonchev–Trinajstić information content (AvgIpc) is 2.74. The molecule has 0 spiro atoms. The van der Waals surface area contributed by atoms with Gasteiger partial charge in [0.05, 0.1) is 21.3 Å². The van der Waals surface area contributed by atoms with Crippen LogP contribution in [0.1, 0.15) is 5.56 Å². The van der Waals surface area contributed by atoms with E-state index in [0.717, 1.165) is 17.7 Å². The van der Waals surface area contributed by atoms with Crippen LogP contribution >= 0.6 is 0 Å². The molecule has 0 unspecified atom stereocenters. The Morgan fingerprint density at radius 2 is 1.52 bits per heavy atom. The van der Waals surface area contributed by atoms with Gasteiger partial charge in [-0.1, -0.05) is 12.1 Å². The maximum absolute atomic E-state index is 13.0. The number of hydrogen-bond donors (Lipinski definition) is 2. The highest BCUT2D eigenvalue weighted by Crippen LogP contribution is 2.40. The molecule has 2 N–H and O–H groups in total. The van der Waals surface area contributed by atoms with Gasteiger partial charge >= 0.3 is 0 Å². The van der Waals surface area contributed by atoms with E-state index >= 15 is 0 Å². The molecule has 2 aromatic carbocycles. The number of methoxy groups -OCH3 is 3. The number of halogens is 1. The second kappa shape index (κ2) is 9.59. The summed E-state index contributed by atoms with van der Waals surface area (Å²) in [6, 6.07) is 11.9. The summed E-state index contributed by atoms with van der Waals surface area (Å²) < 4.78 is 29.0. The smallest absolute Gasteiger partial charge is 0.203 e. The van der Waals surface area contributed by atoms with Gasteiger partial charge in [0, 0.05) is 30.4 Å². The second-order valence-electron chi connectivity index (χ2n) is 6.13. The maximum Gasteiger partial charge on any atom is 0.203 e. The van der Waals surface area contributed by atoms with Crippen LogP contribution in [0.15, 0.2) is 48.8 Å². The summed E-state index contributed by atoms with van der Waals surface area (Å²) in [7, 11) is 4.69. The quantitative estimate of drug-likeness (QED) is 0.563. The number of anilines is 3. The molecule has 1 heterocycles. The van der Waals surface area contributed by atoms with Gasteiger partial charge in [0.2, 0.25) is 5.75 Å². The Morgan fingerprint density at radius 1 is 0.862 bits per heavy atom. The normalized spacial score (nSPS) is 10.3. The first-order valence-electron chi connectivity index (χ1n) is 9.00. The fourth-order valence-corrected chi connectivity index (χ4v) is 2.81. The summed E-state index contributed by atoms with van der Waals surface area (Å²) in [5.41, 5.74) is 1.78. The van der Waals surface area contributed by atoms with Crippen molar-refractivity contribution in [1.29, 1.82) is 0 Å². The largest absolute Gasteiger partial charge is 0.493 e. The van der Waals surface area contributed by atoms with Crippen molar-refractivity contribution >= 4 is 17.3 Å².